The van der Waals surface area contributed by atoms with Gasteiger partial charge in [-0.1, -0.05) is 195 Å². The van der Waals surface area contributed by atoms with E-state index in [1.165, 1.54) is 137 Å². The van der Waals surface area contributed by atoms with E-state index in [0.717, 1.165) is 12.8 Å². The Labute approximate surface area is 382 Å². The Kier molecular flexibility index (Phi) is 8.88. The molecule has 13 rings (SSSR count). The van der Waals surface area contributed by atoms with Gasteiger partial charge in [0.05, 0.1) is 22.7 Å². The molecule has 0 bridgehead atoms. The van der Waals surface area contributed by atoms with E-state index >= 15 is 0 Å². The molecule has 0 N–H and O–H groups in total. The van der Waals surface area contributed by atoms with Gasteiger partial charge in [-0.15, -0.1) is 0 Å². The standard InChI is InChI=1S/C63H48N2/c1-7-19-58-46(13-1)30-31-47-14-2-8-20-59(47)64(58)50-34-36-54-53-35-27-44(41-56(53)63(57(54)42-50)39-11-12-40-63)24-23-43-25-28-45(29-26-43)51-37-38-62(55-18-6-5-17-52(51)55)65-60-21-9-3-15-48(60)32-33-49-16-4-10-22-61(49)65/h1-9,13-21,23-38,41-42H,10-12,22,39-40H2/b24-23+. The van der Waals surface area contributed by atoms with Gasteiger partial charge >= 0.3 is 0 Å². The van der Waals surface area contributed by atoms with Crippen LogP contribution in [0.4, 0.5) is 28.4 Å². The molecule has 8 aromatic rings. The highest BCUT2D eigenvalue weighted by atomic mass is 15.2. The zero-order valence-electron chi connectivity index (χ0n) is 36.4. The lowest BCUT2D eigenvalue weighted by atomic mass is 9.76. The summed E-state index contributed by atoms with van der Waals surface area (Å²) >= 11 is 0. The van der Waals surface area contributed by atoms with E-state index in [2.05, 4.69) is 228 Å². The van der Waals surface area contributed by atoms with Crippen molar-refractivity contribution in [3.05, 3.63) is 238 Å². The molecule has 0 radical (unpaired) electrons. The van der Waals surface area contributed by atoms with Crippen molar-refractivity contribution in [3.8, 4) is 22.3 Å². The van der Waals surface area contributed by atoms with E-state index in [1.54, 1.807) is 0 Å². The van der Waals surface area contributed by atoms with Crippen molar-refractivity contribution < 1.29 is 0 Å². The number of rotatable bonds is 5. The zero-order valence-corrected chi connectivity index (χ0v) is 36.4. The van der Waals surface area contributed by atoms with E-state index in [9.17, 15) is 0 Å². The molecule has 0 unspecified atom stereocenters. The summed E-state index contributed by atoms with van der Waals surface area (Å²) in [6, 6.07) is 63.6. The maximum absolute atomic E-state index is 2.53. The monoisotopic (exact) mass is 832 g/mol. The van der Waals surface area contributed by atoms with Crippen LogP contribution in [-0.4, -0.2) is 0 Å². The first-order valence-electron chi connectivity index (χ1n) is 23.4. The lowest BCUT2D eigenvalue weighted by Crippen LogP contribution is -2.21. The zero-order chi connectivity index (χ0) is 42.9. The van der Waals surface area contributed by atoms with Crippen LogP contribution in [0.15, 0.2) is 199 Å². The van der Waals surface area contributed by atoms with Gasteiger partial charge in [-0.3, -0.25) is 0 Å². The summed E-state index contributed by atoms with van der Waals surface area (Å²) in [5.41, 5.74) is 23.3. The van der Waals surface area contributed by atoms with Gasteiger partial charge in [0.15, 0.2) is 0 Å². The first-order chi connectivity index (χ1) is 32.2. The SMILES string of the molecule is C1=CC2=C(CC1)N(c1ccc(-c3ccc(/C=C/c4ccc5c(c4)C4(CCCC4)c4cc(N6c7ccccc7C=Cc7ccccc76)ccc4-5)cc3)c3ccccc13)c1ccccc1C=C2. The summed E-state index contributed by atoms with van der Waals surface area (Å²) in [5, 5.41) is 2.53. The average molecular weight is 833 g/mol. The smallest absolute Gasteiger partial charge is 0.0537 e. The largest absolute Gasteiger partial charge is 0.312 e. The molecule has 1 fully saturated rings. The van der Waals surface area contributed by atoms with Gasteiger partial charge in [-0.2, -0.15) is 0 Å². The van der Waals surface area contributed by atoms with E-state index in [1.807, 2.05) is 0 Å². The van der Waals surface area contributed by atoms with E-state index in [4.69, 9.17) is 0 Å². The summed E-state index contributed by atoms with van der Waals surface area (Å²) in [4.78, 5) is 4.99. The highest BCUT2D eigenvalue weighted by Crippen LogP contribution is 2.58. The Morgan fingerprint density at radius 2 is 1.00 bits per heavy atom. The summed E-state index contributed by atoms with van der Waals surface area (Å²) in [6.45, 7) is 0. The van der Waals surface area contributed by atoms with Gasteiger partial charge in [0.2, 0.25) is 0 Å². The van der Waals surface area contributed by atoms with Crippen molar-refractivity contribution in [2.75, 3.05) is 9.80 Å². The first-order valence-corrected chi connectivity index (χ1v) is 23.4. The molecule has 2 heteroatoms. The molecular formula is C63H48N2. The number of para-hydroxylation sites is 3. The molecule has 2 heterocycles. The van der Waals surface area contributed by atoms with Crippen LogP contribution >= 0.6 is 0 Å². The number of hydrogen-bond donors (Lipinski definition) is 0. The lowest BCUT2D eigenvalue weighted by molar-refractivity contribution is 0.550. The topological polar surface area (TPSA) is 6.48 Å². The third kappa shape index (κ3) is 6.15. The van der Waals surface area contributed by atoms with Crippen molar-refractivity contribution in [3.63, 3.8) is 0 Å². The minimum absolute atomic E-state index is 0.0355. The van der Waals surface area contributed by atoms with Crippen LogP contribution in [0.3, 0.4) is 0 Å². The summed E-state index contributed by atoms with van der Waals surface area (Å²) in [6.07, 6.45) is 25.2. The average Bonchev–Trinajstić information content (AvgIpc) is 3.86. The summed E-state index contributed by atoms with van der Waals surface area (Å²) in [5.74, 6) is 0. The first kappa shape index (κ1) is 37.8. The molecule has 0 atom stereocenters. The minimum Gasteiger partial charge on any atom is -0.312 e. The molecule has 0 aromatic heterocycles. The van der Waals surface area contributed by atoms with Crippen LogP contribution in [-0.2, 0) is 5.41 Å². The second-order valence-electron chi connectivity index (χ2n) is 18.3. The van der Waals surface area contributed by atoms with E-state index < -0.39 is 0 Å². The Morgan fingerprint density at radius 3 is 1.72 bits per heavy atom. The van der Waals surface area contributed by atoms with Crippen molar-refractivity contribution in [1.82, 2.24) is 0 Å². The Hall–Kier alpha value is -7.68. The van der Waals surface area contributed by atoms with Gasteiger partial charge in [-0.25, -0.2) is 0 Å². The van der Waals surface area contributed by atoms with Crippen molar-refractivity contribution in [2.24, 2.45) is 0 Å². The predicted octanol–water partition coefficient (Wildman–Crippen LogP) is 17.2. The molecular weight excluding hydrogens is 785 g/mol. The van der Waals surface area contributed by atoms with Crippen molar-refractivity contribution >= 4 is 69.6 Å². The third-order valence-corrected chi connectivity index (χ3v) is 14.8. The molecule has 8 aromatic carbocycles. The maximum Gasteiger partial charge on any atom is 0.0537 e. The number of fused-ring (bicyclic) bond motifs is 9. The number of anilines is 5. The second kappa shape index (κ2) is 15.2. The summed E-state index contributed by atoms with van der Waals surface area (Å²) < 4.78 is 0. The molecule has 0 amide bonds. The normalized spacial score (nSPS) is 16.3. The number of allylic oxidation sites excluding steroid dienone is 5. The number of hydrogen-bond acceptors (Lipinski definition) is 2. The van der Waals surface area contributed by atoms with Gasteiger partial charge < -0.3 is 9.80 Å². The molecule has 65 heavy (non-hydrogen) atoms. The second-order valence-corrected chi connectivity index (χ2v) is 18.3. The molecule has 0 saturated heterocycles. The molecule has 3 aliphatic carbocycles. The van der Waals surface area contributed by atoms with E-state index in [-0.39, 0.29) is 5.41 Å². The van der Waals surface area contributed by atoms with Gasteiger partial charge in [0.25, 0.3) is 0 Å². The summed E-state index contributed by atoms with van der Waals surface area (Å²) in [7, 11) is 0. The van der Waals surface area contributed by atoms with Crippen LogP contribution in [0.2, 0.25) is 0 Å². The molecule has 310 valence electrons. The van der Waals surface area contributed by atoms with Crippen LogP contribution in [0.25, 0.3) is 63.4 Å². The number of benzene rings is 8. The van der Waals surface area contributed by atoms with E-state index in [0.29, 0.717) is 0 Å². The molecule has 5 aliphatic rings. The van der Waals surface area contributed by atoms with Crippen molar-refractivity contribution in [1.29, 1.82) is 0 Å². The van der Waals surface area contributed by atoms with Gasteiger partial charge in [-0.05, 0) is 134 Å². The van der Waals surface area contributed by atoms with Crippen LogP contribution in [0.5, 0.6) is 0 Å². The Bertz CT molecular complexity index is 3330. The van der Waals surface area contributed by atoms with Crippen LogP contribution < -0.4 is 9.80 Å². The van der Waals surface area contributed by atoms with Gasteiger partial charge in [0.1, 0.15) is 0 Å². The Morgan fingerprint density at radius 1 is 0.431 bits per heavy atom. The number of nitrogens with zero attached hydrogens (tertiary/aromatic N) is 2. The highest BCUT2D eigenvalue weighted by molar-refractivity contribution is 6.06. The molecule has 2 aliphatic heterocycles. The minimum atomic E-state index is 0.0355. The highest BCUT2D eigenvalue weighted by Gasteiger charge is 2.45. The predicted molar refractivity (Wildman–Crippen MR) is 276 cm³/mol. The van der Waals surface area contributed by atoms with Gasteiger partial charge in [0, 0.05) is 22.2 Å². The third-order valence-electron chi connectivity index (χ3n) is 14.8. The molecule has 1 spiro atoms. The van der Waals surface area contributed by atoms with Crippen molar-refractivity contribution in [2.45, 2.75) is 43.9 Å². The lowest BCUT2D eigenvalue weighted by Gasteiger charge is -2.32. The molecule has 2 nitrogen and oxygen atoms in total. The van der Waals surface area contributed by atoms with Crippen LogP contribution in [0.1, 0.15) is 77.5 Å². The maximum atomic E-state index is 2.53. The molecule has 1 saturated carbocycles. The quantitative estimate of drug-likeness (QED) is 0.159. The fraction of sp³-hybridized carbons (Fsp3) is 0.111. The fourth-order valence-corrected chi connectivity index (χ4v) is 11.7. The fourth-order valence-electron chi connectivity index (χ4n) is 11.7. The van der Waals surface area contributed by atoms with Crippen LogP contribution in [0, 0.1) is 0 Å². The Balaban J connectivity index is 0.813.